The normalized spacial score (nSPS) is 14.1. The third-order valence-corrected chi connectivity index (χ3v) is 8.09. The largest absolute Gasteiger partial charge is 0.378 e. The number of thiophene rings is 1. The highest BCUT2D eigenvalue weighted by atomic mass is 32.2. The Hall–Kier alpha value is -3.02. The lowest BCUT2D eigenvalue weighted by molar-refractivity contribution is 0.103. The van der Waals surface area contributed by atoms with E-state index in [1.165, 1.54) is 6.07 Å². The van der Waals surface area contributed by atoms with Crippen LogP contribution in [-0.2, 0) is 14.8 Å². The first-order valence-corrected chi connectivity index (χ1v) is 13.2. The number of morpholine rings is 1. The molecular weight excluding hydrogens is 496 g/mol. The van der Waals surface area contributed by atoms with E-state index >= 15 is 0 Å². The van der Waals surface area contributed by atoms with Crippen LogP contribution in [0.3, 0.4) is 0 Å². The molecule has 3 aromatic rings. The number of sulfonamides is 1. The van der Waals surface area contributed by atoms with Crippen LogP contribution in [0.1, 0.15) is 26.4 Å². The van der Waals surface area contributed by atoms with Gasteiger partial charge in [-0.3, -0.25) is 9.52 Å². The summed E-state index contributed by atoms with van der Waals surface area (Å²) in [5.74, 6) is -2.91. The lowest BCUT2D eigenvalue weighted by atomic mass is 10.0. The van der Waals surface area contributed by atoms with Crippen molar-refractivity contribution < 1.29 is 26.7 Å². The third-order valence-electron chi connectivity index (χ3n) is 5.81. The van der Waals surface area contributed by atoms with Crippen molar-refractivity contribution in [1.82, 2.24) is 0 Å². The minimum Gasteiger partial charge on any atom is -0.378 e. The summed E-state index contributed by atoms with van der Waals surface area (Å²) in [7, 11) is -4.24. The molecule has 2 N–H and O–H groups in total. The molecule has 7 nitrogen and oxygen atoms in total. The lowest BCUT2D eigenvalue weighted by Gasteiger charge is -2.32. The van der Waals surface area contributed by atoms with Crippen molar-refractivity contribution in [2.75, 3.05) is 41.2 Å². The third kappa shape index (κ3) is 5.16. The topological polar surface area (TPSA) is 87.7 Å². The van der Waals surface area contributed by atoms with E-state index in [4.69, 9.17) is 4.74 Å². The maximum absolute atomic E-state index is 13.6. The summed E-state index contributed by atoms with van der Waals surface area (Å²) in [5.41, 5.74) is 4.64. The predicted octanol–water partition coefficient (Wildman–Crippen LogP) is 4.84. The zero-order valence-electron chi connectivity index (χ0n) is 19.4. The Morgan fingerprint density at radius 2 is 1.74 bits per heavy atom. The van der Waals surface area contributed by atoms with E-state index in [-0.39, 0.29) is 10.6 Å². The number of benzene rings is 2. The zero-order chi connectivity index (χ0) is 25.3. The molecule has 0 saturated carbocycles. The van der Waals surface area contributed by atoms with Gasteiger partial charge in [0, 0.05) is 24.5 Å². The summed E-state index contributed by atoms with van der Waals surface area (Å²) < 4.78 is 60.0. The number of aryl methyl sites for hydroxylation is 2. The van der Waals surface area contributed by atoms with Crippen molar-refractivity contribution in [3.63, 3.8) is 0 Å². The molecule has 186 valence electrons. The van der Waals surface area contributed by atoms with Crippen molar-refractivity contribution in [2.45, 2.75) is 25.7 Å². The highest BCUT2D eigenvalue weighted by molar-refractivity contribution is 7.92. The molecule has 1 aliphatic heterocycles. The zero-order valence-corrected chi connectivity index (χ0v) is 21.1. The fourth-order valence-corrected chi connectivity index (χ4v) is 6.12. The smallest absolute Gasteiger partial charge is 0.267 e. The highest BCUT2D eigenvalue weighted by Gasteiger charge is 2.24. The van der Waals surface area contributed by atoms with E-state index in [9.17, 15) is 22.0 Å². The van der Waals surface area contributed by atoms with E-state index in [1.807, 2.05) is 26.8 Å². The number of nitrogens with one attached hydrogen (secondary N) is 2. The van der Waals surface area contributed by atoms with Crippen LogP contribution in [0.25, 0.3) is 0 Å². The molecule has 0 bridgehead atoms. The van der Waals surface area contributed by atoms with Crippen LogP contribution in [0.4, 0.5) is 25.8 Å². The molecule has 2 aromatic carbocycles. The van der Waals surface area contributed by atoms with Crippen LogP contribution < -0.4 is 14.9 Å². The average molecular weight is 522 g/mol. The summed E-state index contributed by atoms with van der Waals surface area (Å²) in [6.07, 6.45) is 0. The minimum absolute atomic E-state index is 0.0491. The Kier molecular flexibility index (Phi) is 7.11. The molecule has 2 heterocycles. The summed E-state index contributed by atoms with van der Waals surface area (Å²) in [5, 5.41) is 4.51. The molecule has 0 spiro atoms. The van der Waals surface area contributed by atoms with Crippen LogP contribution >= 0.6 is 11.3 Å². The molecular formula is C24H25F2N3O4S2. The molecule has 0 aliphatic carbocycles. The minimum atomic E-state index is -4.24. The molecule has 1 aromatic heterocycles. The van der Waals surface area contributed by atoms with Gasteiger partial charge in [-0.25, -0.2) is 17.2 Å². The van der Waals surface area contributed by atoms with Crippen LogP contribution in [-0.4, -0.2) is 40.6 Å². The number of rotatable bonds is 6. The average Bonchev–Trinajstić information content (AvgIpc) is 3.26. The van der Waals surface area contributed by atoms with Gasteiger partial charge in [0.05, 0.1) is 23.8 Å². The molecule has 11 heteroatoms. The number of amides is 1. The quantitative estimate of drug-likeness (QED) is 0.485. The van der Waals surface area contributed by atoms with Gasteiger partial charge in [0.1, 0.15) is 4.88 Å². The van der Waals surface area contributed by atoms with Crippen LogP contribution in [0.5, 0.6) is 0 Å². The Bertz CT molecular complexity index is 1380. The molecule has 1 saturated heterocycles. The van der Waals surface area contributed by atoms with Crippen LogP contribution in [0, 0.1) is 32.4 Å². The fraction of sp³-hybridized carbons (Fsp3) is 0.292. The van der Waals surface area contributed by atoms with E-state index in [0.29, 0.717) is 25.0 Å². The number of halogens is 2. The number of hydrogen-bond donors (Lipinski definition) is 2. The van der Waals surface area contributed by atoms with Crippen LogP contribution in [0.15, 0.2) is 40.6 Å². The number of carbonyl (C=O) groups is 1. The second-order valence-electron chi connectivity index (χ2n) is 8.26. The second kappa shape index (κ2) is 9.92. The summed E-state index contributed by atoms with van der Waals surface area (Å²) in [6.45, 7) is 8.64. The monoisotopic (exact) mass is 521 g/mol. The maximum atomic E-state index is 13.6. The first-order chi connectivity index (χ1) is 16.6. The van der Waals surface area contributed by atoms with Crippen molar-refractivity contribution in [3.8, 4) is 0 Å². The van der Waals surface area contributed by atoms with Crippen molar-refractivity contribution in [1.29, 1.82) is 0 Å². The van der Waals surface area contributed by atoms with Gasteiger partial charge < -0.3 is 15.0 Å². The predicted molar refractivity (Wildman–Crippen MR) is 133 cm³/mol. The van der Waals surface area contributed by atoms with Crippen molar-refractivity contribution in [2.24, 2.45) is 0 Å². The Morgan fingerprint density at radius 1 is 1.03 bits per heavy atom. The molecule has 0 radical (unpaired) electrons. The van der Waals surface area contributed by atoms with Gasteiger partial charge in [-0.05, 0) is 67.1 Å². The Balaban J connectivity index is 1.61. The van der Waals surface area contributed by atoms with Gasteiger partial charge in [-0.15, -0.1) is 11.3 Å². The van der Waals surface area contributed by atoms with E-state index < -0.39 is 32.5 Å². The van der Waals surface area contributed by atoms with E-state index in [1.54, 1.807) is 5.38 Å². The molecule has 1 amide bonds. The van der Waals surface area contributed by atoms with E-state index in [2.05, 4.69) is 14.9 Å². The number of nitrogens with zero attached hydrogens (tertiary/aromatic N) is 1. The molecule has 35 heavy (non-hydrogen) atoms. The van der Waals surface area contributed by atoms with Gasteiger partial charge in [-0.1, -0.05) is 6.07 Å². The lowest BCUT2D eigenvalue weighted by Crippen LogP contribution is -2.37. The van der Waals surface area contributed by atoms with Crippen molar-refractivity contribution in [3.05, 3.63) is 68.9 Å². The second-order valence-corrected chi connectivity index (χ2v) is 10.9. The molecule has 1 fully saturated rings. The van der Waals surface area contributed by atoms with Gasteiger partial charge >= 0.3 is 0 Å². The molecule has 0 unspecified atom stereocenters. The first kappa shape index (κ1) is 25.1. The number of hydrogen-bond acceptors (Lipinski definition) is 6. The van der Waals surface area contributed by atoms with Crippen LogP contribution in [0.2, 0.25) is 0 Å². The SMILES string of the molecule is Cc1cc(C)c(N2CCOCC2)c(C)c1NC(=O)c1sccc1NS(=O)(=O)c1ccc(F)c(F)c1. The van der Waals surface area contributed by atoms with Crippen molar-refractivity contribution >= 4 is 44.3 Å². The Morgan fingerprint density at radius 3 is 2.43 bits per heavy atom. The number of ether oxygens (including phenoxy) is 1. The highest BCUT2D eigenvalue weighted by Crippen LogP contribution is 2.35. The summed E-state index contributed by atoms with van der Waals surface area (Å²) in [4.78, 5) is 15.1. The van der Waals surface area contributed by atoms with Gasteiger partial charge in [0.15, 0.2) is 11.6 Å². The number of anilines is 3. The molecule has 0 atom stereocenters. The summed E-state index contributed by atoms with van der Waals surface area (Å²) in [6, 6.07) is 5.74. The van der Waals surface area contributed by atoms with Gasteiger partial charge in [-0.2, -0.15) is 0 Å². The molecule has 4 rings (SSSR count). The first-order valence-electron chi connectivity index (χ1n) is 10.9. The standard InChI is InChI=1S/C24H25F2N3O4S2/c1-14-12-15(2)22(29-7-9-33-10-8-29)16(3)21(14)27-24(30)23-20(6-11-34-23)28-35(31,32)17-4-5-18(25)19(26)13-17/h4-6,11-13,28H,7-10H2,1-3H3,(H,27,30). The van der Waals surface area contributed by atoms with Gasteiger partial charge in [0.2, 0.25) is 0 Å². The fourth-order valence-electron chi connectivity index (χ4n) is 4.22. The number of carbonyl (C=O) groups excluding carboxylic acids is 1. The molecule has 1 aliphatic rings. The Labute approximate surface area is 206 Å². The van der Waals surface area contributed by atoms with E-state index in [0.717, 1.165) is 58.9 Å². The summed E-state index contributed by atoms with van der Waals surface area (Å²) >= 11 is 1.07. The van der Waals surface area contributed by atoms with Gasteiger partial charge in [0.25, 0.3) is 15.9 Å². The maximum Gasteiger partial charge on any atom is 0.267 e.